The molecule has 1 amide bonds. The summed E-state index contributed by atoms with van der Waals surface area (Å²) in [6, 6.07) is 0.280. The average molecular weight is 312 g/mol. The fraction of sp³-hybridized carbons (Fsp3) is 0.714. The van der Waals surface area contributed by atoms with Gasteiger partial charge in [-0.05, 0) is 37.2 Å². The van der Waals surface area contributed by atoms with Gasteiger partial charge in [0.1, 0.15) is 10.6 Å². The summed E-state index contributed by atoms with van der Waals surface area (Å²) in [6.45, 7) is 5.06. The molecule has 0 spiro atoms. The highest BCUT2D eigenvalue weighted by Gasteiger charge is 2.35. The number of rotatable bonds is 5. The molecular formula is C14H24N4O2S. The van der Waals surface area contributed by atoms with Gasteiger partial charge >= 0.3 is 0 Å². The Morgan fingerprint density at radius 3 is 2.86 bits per heavy atom. The van der Waals surface area contributed by atoms with E-state index in [1.165, 1.54) is 11.5 Å². The van der Waals surface area contributed by atoms with Crippen molar-refractivity contribution in [1.82, 2.24) is 9.69 Å². The first-order valence-corrected chi connectivity index (χ1v) is 8.20. The van der Waals surface area contributed by atoms with Crippen LogP contribution in [0.3, 0.4) is 0 Å². The molecule has 0 saturated carbocycles. The van der Waals surface area contributed by atoms with Crippen LogP contribution in [0.5, 0.6) is 0 Å². The summed E-state index contributed by atoms with van der Waals surface area (Å²) in [5.74, 6) is 0.0826. The largest absolute Gasteiger partial charge is 0.382 e. The van der Waals surface area contributed by atoms with Crippen LogP contribution < -0.4 is 16.4 Å². The molecule has 2 heterocycles. The van der Waals surface area contributed by atoms with Gasteiger partial charge in [-0.2, -0.15) is 4.37 Å². The van der Waals surface area contributed by atoms with Crippen molar-refractivity contribution in [2.75, 3.05) is 24.7 Å². The number of hydrogen-bond donors (Lipinski definition) is 3. The number of carbonyl (C=O) groups is 1. The van der Waals surface area contributed by atoms with Crippen LogP contribution in [0.15, 0.2) is 0 Å². The number of nitrogens with zero attached hydrogens (tertiary/aromatic N) is 1. The Kier molecular flexibility index (Phi) is 5.05. The van der Waals surface area contributed by atoms with Gasteiger partial charge in [0.05, 0.1) is 5.60 Å². The summed E-state index contributed by atoms with van der Waals surface area (Å²) >= 11 is 1.24. The molecule has 2 rings (SSSR count). The number of nitrogens with one attached hydrogen (secondary N) is 2. The lowest BCUT2D eigenvalue weighted by Gasteiger charge is -2.40. The van der Waals surface area contributed by atoms with E-state index in [1.54, 1.807) is 7.05 Å². The monoisotopic (exact) mass is 312 g/mol. The van der Waals surface area contributed by atoms with Gasteiger partial charge in [-0.25, -0.2) is 0 Å². The van der Waals surface area contributed by atoms with E-state index in [1.807, 2.05) is 0 Å². The van der Waals surface area contributed by atoms with Crippen molar-refractivity contribution in [3.63, 3.8) is 0 Å². The molecule has 1 atom stereocenters. The molecule has 118 valence electrons. The first-order chi connectivity index (χ1) is 10.0. The lowest BCUT2D eigenvalue weighted by atomic mass is 9.86. The molecule has 6 nitrogen and oxygen atoms in total. The van der Waals surface area contributed by atoms with Crippen LogP contribution in [0, 0.1) is 0 Å². The first kappa shape index (κ1) is 16.0. The number of carbonyl (C=O) groups excluding carboxylic acids is 1. The third-order valence-corrected chi connectivity index (χ3v) is 5.08. The molecule has 4 N–H and O–H groups in total. The number of amides is 1. The van der Waals surface area contributed by atoms with E-state index in [2.05, 4.69) is 28.9 Å². The van der Waals surface area contributed by atoms with E-state index in [9.17, 15) is 4.79 Å². The van der Waals surface area contributed by atoms with E-state index >= 15 is 0 Å². The molecular weight excluding hydrogens is 288 g/mol. The molecule has 1 aliphatic heterocycles. The van der Waals surface area contributed by atoms with E-state index in [-0.39, 0.29) is 23.4 Å². The van der Waals surface area contributed by atoms with Crippen LogP contribution >= 0.6 is 11.5 Å². The van der Waals surface area contributed by atoms with E-state index in [0.717, 1.165) is 37.3 Å². The fourth-order valence-corrected chi connectivity index (χ4v) is 3.61. The standard InChI is InChI=1S/C14H24N4O2S/c1-4-14(5-2)8-9(6-7-20-14)17-13-10(12(19)16-3)11(15)18-21-13/h9,17H,4-8H2,1-3H3,(H2,15,18)(H,16,19). The van der Waals surface area contributed by atoms with Crippen molar-refractivity contribution in [2.24, 2.45) is 0 Å². The summed E-state index contributed by atoms with van der Waals surface area (Å²) in [7, 11) is 1.59. The van der Waals surface area contributed by atoms with Gasteiger partial charge in [0.2, 0.25) is 0 Å². The Morgan fingerprint density at radius 1 is 1.52 bits per heavy atom. The zero-order valence-corrected chi connectivity index (χ0v) is 13.7. The lowest BCUT2D eigenvalue weighted by molar-refractivity contribution is -0.0864. The highest BCUT2D eigenvalue weighted by Crippen LogP contribution is 2.35. The first-order valence-electron chi connectivity index (χ1n) is 7.43. The Hall–Kier alpha value is -1.34. The number of anilines is 2. The topological polar surface area (TPSA) is 89.3 Å². The number of ether oxygens (including phenoxy) is 1. The summed E-state index contributed by atoms with van der Waals surface area (Å²) in [6.07, 6.45) is 3.85. The van der Waals surface area contributed by atoms with Crippen LogP contribution in [-0.2, 0) is 4.74 Å². The maximum absolute atomic E-state index is 11.9. The van der Waals surface area contributed by atoms with E-state index in [0.29, 0.717) is 5.56 Å². The minimum atomic E-state index is -0.201. The third-order valence-electron chi connectivity index (χ3n) is 4.29. The smallest absolute Gasteiger partial charge is 0.257 e. The molecule has 0 bridgehead atoms. The number of nitrogens with two attached hydrogens (primary N) is 1. The maximum Gasteiger partial charge on any atom is 0.257 e. The second kappa shape index (κ2) is 6.62. The highest BCUT2D eigenvalue weighted by molar-refractivity contribution is 7.11. The van der Waals surface area contributed by atoms with Crippen molar-refractivity contribution in [2.45, 2.75) is 51.2 Å². The number of nitrogen functional groups attached to an aromatic ring is 1. The van der Waals surface area contributed by atoms with Crippen LogP contribution in [0.4, 0.5) is 10.8 Å². The number of aromatic nitrogens is 1. The third kappa shape index (κ3) is 3.29. The Balaban J connectivity index is 2.13. The molecule has 1 saturated heterocycles. The molecule has 21 heavy (non-hydrogen) atoms. The maximum atomic E-state index is 11.9. The summed E-state index contributed by atoms with van der Waals surface area (Å²) in [5, 5.41) is 6.80. The molecule has 0 radical (unpaired) electrons. The molecule has 0 aromatic carbocycles. The van der Waals surface area contributed by atoms with Crippen LogP contribution in [-0.4, -0.2) is 35.6 Å². The molecule has 1 unspecified atom stereocenters. The molecule has 1 fully saturated rings. The van der Waals surface area contributed by atoms with Gasteiger partial charge in [0, 0.05) is 19.7 Å². The summed E-state index contributed by atoms with van der Waals surface area (Å²) in [4.78, 5) is 11.9. The fourth-order valence-electron chi connectivity index (χ4n) is 2.82. The molecule has 0 aliphatic carbocycles. The van der Waals surface area contributed by atoms with Crippen molar-refractivity contribution in [3.8, 4) is 0 Å². The predicted molar refractivity (Wildman–Crippen MR) is 85.8 cm³/mol. The van der Waals surface area contributed by atoms with E-state index < -0.39 is 0 Å². The second-order valence-corrected chi connectivity index (χ2v) is 6.20. The minimum Gasteiger partial charge on any atom is -0.382 e. The molecule has 1 aliphatic rings. The molecule has 1 aromatic heterocycles. The van der Waals surface area contributed by atoms with Crippen LogP contribution in [0.2, 0.25) is 0 Å². The summed E-state index contributed by atoms with van der Waals surface area (Å²) in [5.41, 5.74) is 6.20. The SMILES string of the molecule is CCC1(CC)CC(Nc2snc(N)c2C(=O)NC)CCO1. The van der Waals surface area contributed by atoms with E-state index in [4.69, 9.17) is 10.5 Å². The van der Waals surface area contributed by atoms with Gasteiger partial charge in [-0.15, -0.1) is 0 Å². The zero-order valence-electron chi connectivity index (χ0n) is 12.9. The van der Waals surface area contributed by atoms with Gasteiger partial charge in [-0.3, -0.25) is 4.79 Å². The van der Waals surface area contributed by atoms with Gasteiger partial charge in [0.15, 0.2) is 5.82 Å². The second-order valence-electron chi connectivity index (χ2n) is 5.42. The predicted octanol–water partition coefficient (Wildman–Crippen LogP) is 2.23. The molecule has 1 aromatic rings. The van der Waals surface area contributed by atoms with Crippen molar-refractivity contribution in [1.29, 1.82) is 0 Å². The average Bonchev–Trinajstić information content (AvgIpc) is 2.87. The zero-order chi connectivity index (χ0) is 15.5. The minimum absolute atomic E-state index is 0.0562. The Labute approximate surface area is 129 Å². The molecule has 7 heteroatoms. The van der Waals surface area contributed by atoms with Crippen LogP contribution in [0.1, 0.15) is 49.9 Å². The van der Waals surface area contributed by atoms with Crippen LogP contribution in [0.25, 0.3) is 0 Å². The van der Waals surface area contributed by atoms with Crippen molar-refractivity contribution >= 4 is 28.3 Å². The van der Waals surface area contributed by atoms with Gasteiger partial charge in [-0.1, -0.05) is 13.8 Å². The highest BCUT2D eigenvalue weighted by atomic mass is 32.1. The van der Waals surface area contributed by atoms with Gasteiger partial charge in [0.25, 0.3) is 5.91 Å². The quantitative estimate of drug-likeness (QED) is 0.776. The summed E-state index contributed by atoms with van der Waals surface area (Å²) < 4.78 is 10.1. The lowest BCUT2D eigenvalue weighted by Crippen LogP contribution is -2.43. The Morgan fingerprint density at radius 2 is 2.24 bits per heavy atom. The van der Waals surface area contributed by atoms with Gasteiger partial charge < -0.3 is 21.1 Å². The van der Waals surface area contributed by atoms with Crippen molar-refractivity contribution in [3.05, 3.63) is 5.56 Å². The normalized spacial score (nSPS) is 21.0. The van der Waals surface area contributed by atoms with Crippen molar-refractivity contribution < 1.29 is 9.53 Å². The Bertz CT molecular complexity index is 499. The number of hydrogen-bond acceptors (Lipinski definition) is 6.